The highest BCUT2D eigenvalue weighted by Gasteiger charge is 2.19. The van der Waals surface area contributed by atoms with Crippen LogP contribution in [0.3, 0.4) is 0 Å². The van der Waals surface area contributed by atoms with Crippen molar-refractivity contribution in [1.29, 1.82) is 0 Å². The van der Waals surface area contributed by atoms with Crippen LogP contribution < -0.4 is 5.32 Å². The van der Waals surface area contributed by atoms with Crippen molar-refractivity contribution in [2.75, 3.05) is 6.54 Å². The Labute approximate surface area is 128 Å². The molecule has 21 heavy (non-hydrogen) atoms. The molecule has 0 spiro atoms. The second-order valence-corrected chi connectivity index (χ2v) is 7.20. The van der Waals surface area contributed by atoms with E-state index >= 15 is 0 Å². The number of carbonyl (C=O) groups is 2. The molecule has 0 heterocycles. The van der Waals surface area contributed by atoms with E-state index in [-0.39, 0.29) is 17.7 Å². The molecule has 4 nitrogen and oxygen atoms in total. The van der Waals surface area contributed by atoms with Gasteiger partial charge >= 0.3 is 5.97 Å². The van der Waals surface area contributed by atoms with Crippen LogP contribution in [-0.2, 0) is 9.59 Å². The number of aliphatic carboxylic acids is 1. The molecular formula is C17H31NO3. The molecule has 1 rings (SSSR count). The molecule has 1 aliphatic rings. The lowest BCUT2D eigenvalue weighted by atomic mass is 9.84. The van der Waals surface area contributed by atoms with E-state index in [2.05, 4.69) is 19.2 Å². The molecule has 0 unspecified atom stereocenters. The van der Waals surface area contributed by atoms with Crippen molar-refractivity contribution in [3.63, 3.8) is 0 Å². The topological polar surface area (TPSA) is 66.4 Å². The first kappa shape index (κ1) is 18.0. The zero-order valence-corrected chi connectivity index (χ0v) is 13.6. The molecular weight excluding hydrogens is 266 g/mol. The average Bonchev–Trinajstić information content (AvgIpc) is 2.44. The predicted molar refractivity (Wildman–Crippen MR) is 84.1 cm³/mol. The van der Waals surface area contributed by atoms with E-state index < -0.39 is 5.97 Å². The first-order valence-corrected chi connectivity index (χ1v) is 8.37. The number of carboxylic acids is 1. The Hall–Kier alpha value is -1.06. The molecule has 0 aromatic heterocycles. The molecule has 0 radical (unpaired) electrons. The van der Waals surface area contributed by atoms with Gasteiger partial charge in [-0.15, -0.1) is 0 Å². The Kier molecular flexibility index (Phi) is 7.76. The van der Waals surface area contributed by atoms with E-state index in [0.29, 0.717) is 19.4 Å². The zero-order chi connectivity index (χ0) is 15.7. The van der Waals surface area contributed by atoms with Crippen LogP contribution in [0.2, 0.25) is 0 Å². The number of carboxylic acid groups (broad SMARTS) is 1. The number of hydrogen-bond donors (Lipinski definition) is 2. The summed E-state index contributed by atoms with van der Waals surface area (Å²) in [5, 5.41) is 11.7. The summed E-state index contributed by atoms with van der Waals surface area (Å²) in [6.07, 6.45) is 9.92. The lowest BCUT2D eigenvalue weighted by Gasteiger charge is -2.24. The monoisotopic (exact) mass is 297 g/mol. The van der Waals surface area contributed by atoms with Crippen LogP contribution in [0.5, 0.6) is 0 Å². The minimum Gasteiger partial charge on any atom is -0.481 e. The van der Waals surface area contributed by atoms with Crippen molar-refractivity contribution in [2.45, 2.75) is 78.1 Å². The van der Waals surface area contributed by atoms with E-state index in [1.54, 1.807) is 0 Å². The first-order valence-electron chi connectivity index (χ1n) is 8.37. The number of hydrogen-bond acceptors (Lipinski definition) is 2. The Morgan fingerprint density at radius 1 is 1.10 bits per heavy atom. The Bertz CT molecular complexity index is 333. The summed E-state index contributed by atoms with van der Waals surface area (Å²) in [5.74, 6) is 0.144. The van der Waals surface area contributed by atoms with Gasteiger partial charge in [-0.25, -0.2) is 0 Å². The Morgan fingerprint density at radius 2 is 1.76 bits per heavy atom. The van der Waals surface area contributed by atoms with Crippen LogP contribution in [0.4, 0.5) is 0 Å². The summed E-state index contributed by atoms with van der Waals surface area (Å²) >= 11 is 0. The van der Waals surface area contributed by atoms with Crippen molar-refractivity contribution in [1.82, 2.24) is 5.32 Å². The standard InChI is InChI=1S/C17H31NO3/c1-17(2,11-10-16(20)21)12-13-18-15(19)9-8-14-6-4-3-5-7-14/h14H,3-13H2,1-2H3,(H,18,19)(H,20,21). The second kappa shape index (κ2) is 9.06. The lowest BCUT2D eigenvalue weighted by Crippen LogP contribution is -2.28. The van der Waals surface area contributed by atoms with Gasteiger partial charge < -0.3 is 10.4 Å². The summed E-state index contributed by atoms with van der Waals surface area (Å²) in [5.41, 5.74) is -0.0327. The SMILES string of the molecule is CC(C)(CCNC(=O)CCC1CCCCC1)CCC(=O)O. The third kappa shape index (κ3) is 8.74. The summed E-state index contributed by atoms with van der Waals surface area (Å²) in [7, 11) is 0. The van der Waals surface area contributed by atoms with Gasteiger partial charge in [0.25, 0.3) is 0 Å². The van der Waals surface area contributed by atoms with Crippen molar-refractivity contribution < 1.29 is 14.7 Å². The second-order valence-electron chi connectivity index (χ2n) is 7.20. The molecule has 0 bridgehead atoms. The van der Waals surface area contributed by atoms with Gasteiger partial charge in [0.1, 0.15) is 0 Å². The van der Waals surface area contributed by atoms with Crippen molar-refractivity contribution in [3.8, 4) is 0 Å². The molecule has 1 fully saturated rings. The van der Waals surface area contributed by atoms with Crippen molar-refractivity contribution in [2.24, 2.45) is 11.3 Å². The van der Waals surface area contributed by atoms with Gasteiger partial charge in [0.15, 0.2) is 0 Å². The molecule has 0 aromatic carbocycles. The van der Waals surface area contributed by atoms with Gasteiger partial charge in [0, 0.05) is 19.4 Å². The number of nitrogens with one attached hydrogen (secondary N) is 1. The number of carbonyl (C=O) groups excluding carboxylic acids is 1. The fourth-order valence-electron chi connectivity index (χ4n) is 3.01. The molecule has 122 valence electrons. The van der Waals surface area contributed by atoms with Crippen molar-refractivity contribution >= 4 is 11.9 Å². The van der Waals surface area contributed by atoms with Crippen LogP contribution in [0.25, 0.3) is 0 Å². The highest BCUT2D eigenvalue weighted by Crippen LogP contribution is 2.27. The molecule has 0 atom stereocenters. The van der Waals surface area contributed by atoms with Gasteiger partial charge in [-0.1, -0.05) is 46.0 Å². The molecule has 2 N–H and O–H groups in total. The van der Waals surface area contributed by atoms with Gasteiger partial charge in [-0.3, -0.25) is 9.59 Å². The highest BCUT2D eigenvalue weighted by molar-refractivity contribution is 5.75. The largest absolute Gasteiger partial charge is 0.481 e. The highest BCUT2D eigenvalue weighted by atomic mass is 16.4. The van der Waals surface area contributed by atoms with E-state index in [0.717, 1.165) is 18.8 Å². The van der Waals surface area contributed by atoms with E-state index in [1.807, 2.05) is 0 Å². The first-order chi connectivity index (χ1) is 9.89. The Morgan fingerprint density at radius 3 is 2.38 bits per heavy atom. The zero-order valence-electron chi connectivity index (χ0n) is 13.6. The van der Waals surface area contributed by atoms with Crippen LogP contribution >= 0.6 is 0 Å². The molecule has 1 aliphatic carbocycles. The fraction of sp³-hybridized carbons (Fsp3) is 0.882. The van der Waals surface area contributed by atoms with Gasteiger partial charge in [-0.05, 0) is 30.6 Å². The van der Waals surface area contributed by atoms with Crippen LogP contribution in [0, 0.1) is 11.3 Å². The predicted octanol–water partition coefficient (Wildman–Crippen LogP) is 3.74. The van der Waals surface area contributed by atoms with Crippen LogP contribution in [-0.4, -0.2) is 23.5 Å². The molecule has 0 aromatic rings. The molecule has 1 amide bonds. The number of amides is 1. The van der Waals surface area contributed by atoms with Crippen LogP contribution in [0.15, 0.2) is 0 Å². The normalized spacial score (nSPS) is 16.7. The molecule has 0 saturated heterocycles. The number of rotatable bonds is 9. The van der Waals surface area contributed by atoms with Gasteiger partial charge in [-0.2, -0.15) is 0 Å². The van der Waals surface area contributed by atoms with Gasteiger partial charge in [0.2, 0.25) is 5.91 Å². The maximum absolute atomic E-state index is 11.8. The summed E-state index contributed by atoms with van der Waals surface area (Å²) in [4.78, 5) is 22.4. The third-order valence-corrected chi connectivity index (χ3v) is 4.64. The molecule has 1 saturated carbocycles. The van der Waals surface area contributed by atoms with Crippen LogP contribution in [0.1, 0.15) is 78.1 Å². The van der Waals surface area contributed by atoms with Gasteiger partial charge in [0.05, 0.1) is 0 Å². The van der Waals surface area contributed by atoms with E-state index in [4.69, 9.17) is 5.11 Å². The maximum atomic E-state index is 11.8. The summed E-state index contributed by atoms with van der Waals surface area (Å²) < 4.78 is 0. The Balaban J connectivity index is 2.10. The minimum atomic E-state index is -0.750. The lowest BCUT2D eigenvalue weighted by molar-refractivity contribution is -0.137. The molecule has 0 aliphatic heterocycles. The quantitative estimate of drug-likeness (QED) is 0.681. The summed E-state index contributed by atoms with van der Waals surface area (Å²) in [6.45, 7) is 4.77. The van der Waals surface area contributed by atoms with E-state index in [1.165, 1.54) is 32.1 Å². The molecule has 4 heteroatoms. The minimum absolute atomic E-state index is 0.0327. The third-order valence-electron chi connectivity index (χ3n) is 4.64. The average molecular weight is 297 g/mol. The smallest absolute Gasteiger partial charge is 0.303 e. The maximum Gasteiger partial charge on any atom is 0.303 e. The van der Waals surface area contributed by atoms with E-state index in [9.17, 15) is 9.59 Å². The van der Waals surface area contributed by atoms with Crippen molar-refractivity contribution in [3.05, 3.63) is 0 Å². The fourth-order valence-corrected chi connectivity index (χ4v) is 3.01. The summed E-state index contributed by atoms with van der Waals surface area (Å²) in [6, 6.07) is 0.